The first-order chi connectivity index (χ1) is 9.88. The number of nitrogens with zero attached hydrogens (tertiary/aromatic N) is 1. The number of rotatable bonds is 5. The van der Waals surface area contributed by atoms with Crippen LogP contribution in [-0.2, 0) is 20.8 Å². The van der Waals surface area contributed by atoms with E-state index in [1.807, 2.05) is 0 Å². The number of carbonyl (C=O) groups is 1. The maximum Gasteiger partial charge on any atom is 0.293 e. The molecule has 0 saturated carbocycles. The second kappa shape index (κ2) is 5.92. The summed E-state index contributed by atoms with van der Waals surface area (Å²) >= 11 is 0. The normalized spacial score (nSPS) is 16.8. The first kappa shape index (κ1) is 12.9. The average molecular weight is 275 g/mol. The quantitative estimate of drug-likeness (QED) is 0.622. The first-order valence-corrected chi connectivity index (χ1v) is 6.78. The van der Waals surface area contributed by atoms with E-state index in [9.17, 15) is 4.79 Å². The van der Waals surface area contributed by atoms with E-state index in [0.717, 1.165) is 42.9 Å². The molecule has 1 aliphatic heterocycles. The van der Waals surface area contributed by atoms with E-state index in [4.69, 9.17) is 4.84 Å². The Morgan fingerprint density at radius 1 is 1.50 bits per heavy atom. The van der Waals surface area contributed by atoms with Crippen LogP contribution in [0.3, 0.4) is 0 Å². The first-order valence-electron chi connectivity index (χ1n) is 6.78. The van der Waals surface area contributed by atoms with Crippen molar-refractivity contribution < 1.29 is 14.4 Å². The summed E-state index contributed by atoms with van der Waals surface area (Å²) in [4.78, 5) is 20.1. The largest absolute Gasteiger partial charge is 0.466 e. The number of pyridine rings is 1. The van der Waals surface area contributed by atoms with E-state index >= 15 is 0 Å². The Kier molecular flexibility index (Phi) is 3.83. The van der Waals surface area contributed by atoms with E-state index in [0.29, 0.717) is 19.6 Å². The topological polar surface area (TPSA) is 72.5 Å². The van der Waals surface area contributed by atoms with E-state index in [2.05, 4.69) is 26.6 Å². The summed E-state index contributed by atoms with van der Waals surface area (Å²) in [7, 11) is 0. The Bertz CT molecular complexity index is 542. The number of hydroxylamine groups is 1. The zero-order chi connectivity index (χ0) is 13.8. The van der Waals surface area contributed by atoms with Crippen molar-refractivity contribution in [3.63, 3.8) is 0 Å². The van der Waals surface area contributed by atoms with E-state index in [-0.39, 0.29) is 0 Å². The lowest BCUT2D eigenvalue weighted by Crippen LogP contribution is -2.10. The molecule has 0 unspecified atom stereocenters. The molecule has 0 amide bonds. The van der Waals surface area contributed by atoms with Gasteiger partial charge in [0.25, 0.3) is 6.47 Å². The molecule has 0 fully saturated rings. The van der Waals surface area contributed by atoms with Crippen LogP contribution in [-0.4, -0.2) is 31.2 Å². The van der Waals surface area contributed by atoms with Crippen LogP contribution in [0.2, 0.25) is 0 Å². The number of aryl methyl sites for hydroxylation is 1. The molecule has 2 N–H and O–H groups in total. The van der Waals surface area contributed by atoms with Crippen LogP contribution in [0.15, 0.2) is 17.8 Å². The van der Waals surface area contributed by atoms with Crippen LogP contribution in [0, 0.1) is 0 Å². The van der Waals surface area contributed by atoms with Gasteiger partial charge in [0, 0.05) is 6.54 Å². The summed E-state index contributed by atoms with van der Waals surface area (Å²) < 4.78 is 4.65. The number of hydrogen-bond acceptors (Lipinski definition) is 6. The van der Waals surface area contributed by atoms with Crippen LogP contribution in [0.4, 0.5) is 5.69 Å². The number of ether oxygens (including phenoxy) is 1. The van der Waals surface area contributed by atoms with Crippen molar-refractivity contribution >= 4 is 17.9 Å². The molecule has 6 nitrogen and oxygen atoms in total. The maximum absolute atomic E-state index is 10.1. The van der Waals surface area contributed by atoms with Gasteiger partial charge in [0.15, 0.2) is 5.76 Å². The molecule has 0 aromatic carbocycles. The van der Waals surface area contributed by atoms with Crippen molar-refractivity contribution in [3.8, 4) is 0 Å². The van der Waals surface area contributed by atoms with Crippen LogP contribution < -0.4 is 10.8 Å². The third-order valence-corrected chi connectivity index (χ3v) is 3.50. The molecule has 20 heavy (non-hydrogen) atoms. The van der Waals surface area contributed by atoms with Gasteiger partial charge in [0.05, 0.1) is 18.4 Å². The van der Waals surface area contributed by atoms with Crippen molar-refractivity contribution in [2.45, 2.75) is 19.3 Å². The summed E-state index contributed by atoms with van der Waals surface area (Å²) in [6.45, 7) is 2.17. The Morgan fingerprint density at radius 3 is 3.35 bits per heavy atom. The molecule has 0 saturated heterocycles. The van der Waals surface area contributed by atoms with Gasteiger partial charge < -0.3 is 14.9 Å². The SMILES string of the molecule is O=COCCNc1cnc2c(c1)CCCC1=C2ONC1. The Labute approximate surface area is 117 Å². The van der Waals surface area contributed by atoms with Gasteiger partial charge in [-0.1, -0.05) is 0 Å². The van der Waals surface area contributed by atoms with E-state index in [1.54, 1.807) is 6.20 Å². The van der Waals surface area contributed by atoms with Gasteiger partial charge in [0.2, 0.25) is 0 Å². The lowest BCUT2D eigenvalue weighted by molar-refractivity contribution is -0.128. The average Bonchev–Trinajstić information content (AvgIpc) is 2.86. The molecule has 0 bridgehead atoms. The number of anilines is 1. The second-order valence-electron chi connectivity index (χ2n) is 4.83. The van der Waals surface area contributed by atoms with E-state index in [1.165, 1.54) is 11.1 Å². The molecule has 2 aliphatic rings. The van der Waals surface area contributed by atoms with Crippen LogP contribution in [0.5, 0.6) is 0 Å². The molecular weight excluding hydrogens is 258 g/mol. The Balaban J connectivity index is 1.76. The van der Waals surface area contributed by atoms with Crippen LogP contribution in [0.25, 0.3) is 5.76 Å². The molecule has 0 atom stereocenters. The molecule has 1 aliphatic carbocycles. The van der Waals surface area contributed by atoms with Gasteiger partial charge >= 0.3 is 0 Å². The summed E-state index contributed by atoms with van der Waals surface area (Å²) in [6.07, 6.45) is 4.95. The van der Waals surface area contributed by atoms with Crippen LogP contribution >= 0.6 is 0 Å². The van der Waals surface area contributed by atoms with Crippen LogP contribution in [0.1, 0.15) is 24.1 Å². The number of carbonyl (C=O) groups excluding carboxylic acids is 1. The molecule has 2 heterocycles. The minimum absolute atomic E-state index is 0.350. The molecule has 0 radical (unpaired) electrons. The Morgan fingerprint density at radius 2 is 2.45 bits per heavy atom. The third kappa shape index (κ3) is 2.60. The van der Waals surface area contributed by atoms with E-state index < -0.39 is 0 Å². The highest BCUT2D eigenvalue weighted by molar-refractivity contribution is 5.67. The van der Waals surface area contributed by atoms with Gasteiger partial charge in [0.1, 0.15) is 12.3 Å². The molecule has 0 spiro atoms. The van der Waals surface area contributed by atoms with Gasteiger partial charge in [-0.15, -0.1) is 0 Å². The minimum atomic E-state index is 0.350. The zero-order valence-corrected chi connectivity index (χ0v) is 11.1. The van der Waals surface area contributed by atoms with Gasteiger partial charge in [-0.25, -0.2) is 0 Å². The van der Waals surface area contributed by atoms with Gasteiger partial charge in [-0.3, -0.25) is 9.78 Å². The summed E-state index contributed by atoms with van der Waals surface area (Å²) in [5.41, 5.74) is 7.29. The highest BCUT2D eigenvalue weighted by Gasteiger charge is 2.24. The third-order valence-electron chi connectivity index (χ3n) is 3.50. The number of aromatic nitrogens is 1. The lowest BCUT2D eigenvalue weighted by atomic mass is 10.1. The smallest absolute Gasteiger partial charge is 0.293 e. The summed E-state index contributed by atoms with van der Waals surface area (Å²) in [5.74, 6) is 0.897. The van der Waals surface area contributed by atoms with Crippen molar-refractivity contribution in [1.82, 2.24) is 10.5 Å². The number of fused-ring (bicyclic) bond motifs is 2. The molecule has 106 valence electrons. The molecule has 3 rings (SSSR count). The van der Waals surface area contributed by atoms with Gasteiger partial charge in [-0.2, -0.15) is 5.48 Å². The standard InChI is InChI=1S/C14H17N3O3/c18-9-19-5-4-15-12-6-10-2-1-3-11-7-17-20-14(11)13(10)16-8-12/h6,8-9,15,17H,1-5,7H2. The molecule has 1 aromatic rings. The molecule has 1 aromatic heterocycles. The minimum Gasteiger partial charge on any atom is -0.466 e. The fourth-order valence-corrected chi connectivity index (χ4v) is 2.56. The Hall–Kier alpha value is -2.08. The van der Waals surface area contributed by atoms with Crippen molar-refractivity contribution in [2.75, 3.05) is 25.0 Å². The molecule has 6 heteroatoms. The van der Waals surface area contributed by atoms with Crippen molar-refractivity contribution in [1.29, 1.82) is 0 Å². The predicted octanol–water partition coefficient (Wildman–Crippen LogP) is 1.25. The van der Waals surface area contributed by atoms with Crippen molar-refractivity contribution in [2.24, 2.45) is 0 Å². The number of nitrogens with one attached hydrogen (secondary N) is 2. The fraction of sp³-hybridized carbons (Fsp3) is 0.429. The second-order valence-corrected chi connectivity index (χ2v) is 4.83. The van der Waals surface area contributed by atoms with Crippen molar-refractivity contribution in [3.05, 3.63) is 29.1 Å². The molecular formula is C14H17N3O3. The summed E-state index contributed by atoms with van der Waals surface area (Å²) in [6, 6.07) is 2.10. The highest BCUT2D eigenvalue weighted by atomic mass is 16.7. The highest BCUT2D eigenvalue weighted by Crippen LogP contribution is 2.32. The monoisotopic (exact) mass is 275 g/mol. The maximum atomic E-state index is 10.1. The fourth-order valence-electron chi connectivity index (χ4n) is 2.56. The lowest BCUT2D eigenvalue weighted by Gasteiger charge is -2.11. The number of hydrogen-bond donors (Lipinski definition) is 2. The predicted molar refractivity (Wildman–Crippen MR) is 73.7 cm³/mol. The summed E-state index contributed by atoms with van der Waals surface area (Å²) in [5, 5.41) is 3.19. The zero-order valence-electron chi connectivity index (χ0n) is 11.1. The van der Waals surface area contributed by atoms with Gasteiger partial charge in [-0.05, 0) is 36.5 Å².